The van der Waals surface area contributed by atoms with Crippen LogP contribution in [0.5, 0.6) is 0 Å². The first-order chi connectivity index (χ1) is 11.1. The Labute approximate surface area is 148 Å². The highest BCUT2D eigenvalue weighted by Crippen LogP contribution is 2.17. The van der Waals surface area contributed by atoms with Crippen molar-refractivity contribution >= 4 is 24.1 Å². The Morgan fingerprint density at radius 3 is 2.33 bits per heavy atom. The monoisotopic (exact) mass is 347 g/mol. The lowest BCUT2D eigenvalue weighted by Gasteiger charge is -2.17. The lowest BCUT2D eigenvalue weighted by molar-refractivity contribution is -0.133. The summed E-state index contributed by atoms with van der Waals surface area (Å²) in [6.45, 7) is 2.72. The molecule has 0 spiro atoms. The third-order valence-electron chi connectivity index (χ3n) is 3.41. The van der Waals surface area contributed by atoms with Crippen molar-refractivity contribution in [2.24, 2.45) is 5.73 Å². The molecule has 1 amide bonds. The third kappa shape index (κ3) is 5.37. The Kier molecular flexibility index (Phi) is 7.95. The zero-order chi connectivity index (χ0) is 16.7. The second-order valence-electron chi connectivity index (χ2n) is 5.07. The third-order valence-corrected chi connectivity index (χ3v) is 3.41. The molecule has 4 N–H and O–H groups in total. The molecule has 1 atom stereocenters. The SMILES string of the molecule is CCOC(C(=O)NCc1ccc(C(=N)N)cc1)c1ccccc1.Cl. The molecule has 6 heteroatoms. The molecule has 24 heavy (non-hydrogen) atoms. The Bertz CT molecular complexity index is 660. The fourth-order valence-corrected chi connectivity index (χ4v) is 2.20. The molecule has 0 radical (unpaired) electrons. The summed E-state index contributed by atoms with van der Waals surface area (Å²) in [4.78, 5) is 12.4. The molecule has 0 heterocycles. The fourth-order valence-electron chi connectivity index (χ4n) is 2.20. The molecule has 0 aliphatic heterocycles. The van der Waals surface area contributed by atoms with Gasteiger partial charge in [0.2, 0.25) is 0 Å². The van der Waals surface area contributed by atoms with Gasteiger partial charge in [0.1, 0.15) is 5.84 Å². The van der Waals surface area contributed by atoms with E-state index in [2.05, 4.69) is 5.32 Å². The zero-order valence-electron chi connectivity index (χ0n) is 13.5. The van der Waals surface area contributed by atoms with Gasteiger partial charge in [0.15, 0.2) is 6.10 Å². The minimum Gasteiger partial charge on any atom is -0.384 e. The number of rotatable bonds is 7. The summed E-state index contributed by atoms with van der Waals surface area (Å²) in [5.74, 6) is -0.144. The van der Waals surface area contributed by atoms with Crippen molar-refractivity contribution in [3.05, 3.63) is 71.3 Å². The number of halogens is 1. The van der Waals surface area contributed by atoms with Crippen molar-refractivity contribution in [1.29, 1.82) is 5.41 Å². The lowest BCUT2D eigenvalue weighted by Crippen LogP contribution is -2.30. The predicted octanol–water partition coefficient (Wildman–Crippen LogP) is 2.79. The second-order valence-corrected chi connectivity index (χ2v) is 5.07. The van der Waals surface area contributed by atoms with Crippen molar-refractivity contribution in [1.82, 2.24) is 5.32 Å². The van der Waals surface area contributed by atoms with Crippen LogP contribution in [0.3, 0.4) is 0 Å². The molecular formula is C18H22ClN3O2. The molecule has 0 aliphatic rings. The highest BCUT2D eigenvalue weighted by Gasteiger charge is 2.20. The maximum absolute atomic E-state index is 12.4. The summed E-state index contributed by atoms with van der Waals surface area (Å²) in [5, 5.41) is 10.2. The zero-order valence-corrected chi connectivity index (χ0v) is 14.3. The van der Waals surface area contributed by atoms with Crippen LogP contribution in [0.4, 0.5) is 0 Å². The number of amidine groups is 1. The molecule has 0 fully saturated rings. The first-order valence-electron chi connectivity index (χ1n) is 7.49. The molecule has 2 aromatic rings. The first kappa shape index (κ1) is 19.7. The van der Waals surface area contributed by atoms with Gasteiger partial charge in [0.05, 0.1) is 0 Å². The van der Waals surface area contributed by atoms with E-state index in [-0.39, 0.29) is 24.1 Å². The minimum atomic E-state index is -0.613. The van der Waals surface area contributed by atoms with Gasteiger partial charge in [-0.15, -0.1) is 12.4 Å². The van der Waals surface area contributed by atoms with Crippen LogP contribution >= 0.6 is 12.4 Å². The van der Waals surface area contributed by atoms with Gasteiger partial charge < -0.3 is 15.8 Å². The molecule has 0 bridgehead atoms. The van der Waals surface area contributed by atoms with Gasteiger partial charge in [-0.3, -0.25) is 10.2 Å². The van der Waals surface area contributed by atoms with Crippen LogP contribution in [0.15, 0.2) is 54.6 Å². The summed E-state index contributed by atoms with van der Waals surface area (Å²) in [6.07, 6.45) is -0.613. The normalized spacial score (nSPS) is 11.2. The van der Waals surface area contributed by atoms with Gasteiger partial charge >= 0.3 is 0 Å². The molecule has 1 unspecified atom stereocenters. The Hall–Kier alpha value is -2.37. The minimum absolute atomic E-state index is 0. The van der Waals surface area contributed by atoms with E-state index in [0.29, 0.717) is 18.7 Å². The maximum Gasteiger partial charge on any atom is 0.254 e. The van der Waals surface area contributed by atoms with Crippen LogP contribution in [0.2, 0.25) is 0 Å². The average molecular weight is 348 g/mol. The predicted molar refractivity (Wildman–Crippen MR) is 97.4 cm³/mol. The largest absolute Gasteiger partial charge is 0.384 e. The number of nitrogens with two attached hydrogens (primary N) is 1. The van der Waals surface area contributed by atoms with Crippen molar-refractivity contribution < 1.29 is 9.53 Å². The molecule has 2 aromatic carbocycles. The summed E-state index contributed by atoms with van der Waals surface area (Å²) < 4.78 is 5.57. The fraction of sp³-hybridized carbons (Fsp3) is 0.222. The second kappa shape index (κ2) is 9.70. The van der Waals surface area contributed by atoms with Gasteiger partial charge in [0.25, 0.3) is 5.91 Å². The maximum atomic E-state index is 12.4. The van der Waals surface area contributed by atoms with E-state index in [1.54, 1.807) is 12.1 Å². The van der Waals surface area contributed by atoms with E-state index in [0.717, 1.165) is 11.1 Å². The van der Waals surface area contributed by atoms with Crippen LogP contribution < -0.4 is 11.1 Å². The molecule has 128 valence electrons. The van der Waals surface area contributed by atoms with E-state index in [1.165, 1.54) is 0 Å². The Morgan fingerprint density at radius 1 is 1.17 bits per heavy atom. The molecule has 0 aliphatic carbocycles. The van der Waals surface area contributed by atoms with E-state index >= 15 is 0 Å². The van der Waals surface area contributed by atoms with Crippen LogP contribution in [0.25, 0.3) is 0 Å². The van der Waals surface area contributed by atoms with Crippen molar-refractivity contribution in [2.75, 3.05) is 6.61 Å². The van der Waals surface area contributed by atoms with Gasteiger partial charge in [-0.2, -0.15) is 0 Å². The summed E-state index contributed by atoms with van der Waals surface area (Å²) in [7, 11) is 0. The van der Waals surface area contributed by atoms with E-state index in [9.17, 15) is 4.79 Å². The highest BCUT2D eigenvalue weighted by atomic mass is 35.5. The van der Waals surface area contributed by atoms with Gasteiger partial charge in [-0.25, -0.2) is 0 Å². The van der Waals surface area contributed by atoms with Gasteiger partial charge in [-0.05, 0) is 18.1 Å². The Balaban J connectivity index is 0.00000288. The van der Waals surface area contributed by atoms with Gasteiger partial charge in [0, 0.05) is 18.7 Å². The highest BCUT2D eigenvalue weighted by molar-refractivity contribution is 5.94. The van der Waals surface area contributed by atoms with Crippen LogP contribution in [0, 0.1) is 5.41 Å². The number of nitrogen functional groups attached to an aromatic ring is 1. The molecule has 2 rings (SSSR count). The first-order valence-corrected chi connectivity index (χ1v) is 7.49. The summed E-state index contributed by atoms with van der Waals surface area (Å²) in [5.41, 5.74) is 7.85. The number of hydrogen-bond donors (Lipinski definition) is 3. The van der Waals surface area contributed by atoms with E-state index in [1.807, 2.05) is 49.4 Å². The van der Waals surface area contributed by atoms with Crippen molar-refractivity contribution in [2.45, 2.75) is 19.6 Å². The van der Waals surface area contributed by atoms with Crippen LogP contribution in [-0.2, 0) is 16.1 Å². The Morgan fingerprint density at radius 2 is 1.79 bits per heavy atom. The summed E-state index contributed by atoms with van der Waals surface area (Å²) >= 11 is 0. The summed E-state index contributed by atoms with van der Waals surface area (Å²) in [6, 6.07) is 16.6. The van der Waals surface area contributed by atoms with Crippen molar-refractivity contribution in [3.8, 4) is 0 Å². The number of ether oxygens (including phenoxy) is 1. The molecule has 0 saturated carbocycles. The number of carbonyl (C=O) groups excluding carboxylic acids is 1. The molecule has 5 nitrogen and oxygen atoms in total. The van der Waals surface area contributed by atoms with Crippen molar-refractivity contribution in [3.63, 3.8) is 0 Å². The van der Waals surface area contributed by atoms with E-state index < -0.39 is 6.10 Å². The topological polar surface area (TPSA) is 88.2 Å². The van der Waals surface area contributed by atoms with Gasteiger partial charge in [-0.1, -0.05) is 54.6 Å². The average Bonchev–Trinajstić information content (AvgIpc) is 2.58. The standard InChI is InChI=1S/C18H21N3O2.ClH/c1-2-23-16(14-6-4-3-5-7-14)18(22)21-12-13-8-10-15(11-9-13)17(19)20;/h3-11,16H,2,12H2,1H3,(H3,19,20)(H,21,22);1H. The lowest BCUT2D eigenvalue weighted by atomic mass is 10.1. The van der Waals surface area contributed by atoms with Crippen LogP contribution in [0.1, 0.15) is 29.7 Å². The molecular weight excluding hydrogens is 326 g/mol. The smallest absolute Gasteiger partial charge is 0.254 e. The number of hydrogen-bond acceptors (Lipinski definition) is 3. The number of benzene rings is 2. The number of nitrogens with one attached hydrogen (secondary N) is 2. The number of amides is 1. The quantitative estimate of drug-likeness (QED) is 0.531. The van der Waals surface area contributed by atoms with Crippen LogP contribution in [-0.4, -0.2) is 18.3 Å². The number of carbonyl (C=O) groups is 1. The molecule has 0 saturated heterocycles. The molecule has 0 aromatic heterocycles. The van der Waals surface area contributed by atoms with E-state index in [4.69, 9.17) is 15.9 Å².